The lowest BCUT2D eigenvalue weighted by Gasteiger charge is -2.10. The molecule has 0 aliphatic heterocycles. The highest BCUT2D eigenvalue weighted by molar-refractivity contribution is 6.16. The molecule has 0 saturated carbocycles. The Morgan fingerprint density at radius 1 is 0.191 bits per heavy atom. The first-order valence-electron chi connectivity index (χ1n) is 45.1. The number of rotatable bonds is 15. The van der Waals surface area contributed by atoms with Gasteiger partial charge in [-0.25, -0.2) is 54.5 Å². The highest BCUT2D eigenvalue weighted by Gasteiger charge is 2.26. The zero-order valence-corrected chi connectivity index (χ0v) is 74.8. The molecule has 18 heteroatoms. The summed E-state index contributed by atoms with van der Waals surface area (Å²) in [5, 5.41) is 43.7. The van der Waals surface area contributed by atoms with Gasteiger partial charge in [-0.3, -0.25) is 0 Å². The van der Waals surface area contributed by atoms with E-state index >= 15 is 0 Å². The van der Waals surface area contributed by atoms with Gasteiger partial charge in [0.25, 0.3) is 0 Å². The van der Waals surface area contributed by atoms with Gasteiger partial charge in [0.2, 0.25) is 0 Å². The zero-order chi connectivity index (χ0) is 95.2. The predicted octanol–water partition coefficient (Wildman–Crippen LogP) is 30.9. The largest absolute Gasteiger partial charge is 0.455 e. The molecule has 0 fully saturated rings. The maximum Gasteiger partial charge on any atom is 0.195 e. The maximum atomic E-state index is 9.94. The number of nitrogens with zero attached hydrogens (tertiary/aromatic N) is 15. The van der Waals surface area contributed by atoms with E-state index in [2.05, 4.69) is 76.4 Å². The fraction of sp³-hybridized carbons (Fsp3) is 0. The third kappa shape index (κ3) is 17.3. The molecule has 0 N–H and O–H groups in total. The van der Waals surface area contributed by atoms with Gasteiger partial charge in [-0.15, -0.1) is 0 Å². The Bertz CT molecular complexity index is 9120. The number of hydrogen-bond donors (Lipinski definition) is 0. The van der Waals surface area contributed by atoms with Crippen molar-refractivity contribution in [3.8, 4) is 194 Å². The molecule has 0 spiro atoms. The highest BCUT2D eigenvalue weighted by Crippen LogP contribution is 2.48. The molecule has 654 valence electrons. The third-order valence-electron chi connectivity index (χ3n) is 24.5. The van der Waals surface area contributed by atoms with Crippen LogP contribution in [0.25, 0.3) is 245 Å². The minimum Gasteiger partial charge on any atom is -0.455 e. The van der Waals surface area contributed by atoms with Crippen LogP contribution in [-0.4, -0.2) is 44.9 Å². The summed E-state index contributed by atoms with van der Waals surface area (Å²) >= 11 is 0. The van der Waals surface area contributed by atoms with E-state index in [-0.39, 0.29) is 0 Å². The highest BCUT2D eigenvalue weighted by atomic mass is 16.3. The van der Waals surface area contributed by atoms with E-state index in [4.69, 9.17) is 71.3 Å². The number of para-hydroxylation sites is 1. The Morgan fingerprint density at radius 2 is 0.504 bits per heavy atom. The molecule has 24 aromatic rings. The number of furan rings is 3. The second-order valence-electron chi connectivity index (χ2n) is 33.3. The fourth-order valence-corrected chi connectivity index (χ4v) is 17.6. The molecular formula is C123H69N15O3. The van der Waals surface area contributed by atoms with E-state index in [1.807, 2.05) is 358 Å². The molecule has 0 radical (unpaired) electrons. The maximum absolute atomic E-state index is 9.94. The van der Waals surface area contributed by atoms with Crippen LogP contribution >= 0.6 is 0 Å². The first kappa shape index (κ1) is 85.8. The lowest BCUT2D eigenvalue weighted by molar-refractivity contribution is 0.669. The first-order chi connectivity index (χ1) is 69.5. The standard InChI is InChI=1S/3C41H23N5O/c1-43-33-17-9-16-30(21-33)34-23-32(29-15-8-10-26(20-29)25-42)24-36-35-22-31(18-19-37(35)47-38(34)36)41-45-39(27-11-4-2-5-12-27)44-40(46-41)28-13-6-3-7-14-28;1-43-36-19-11-10-18-32(36)34-23-30(31-17-9-8-16-29(31)25-42)24-35-33-22-28(20-21-37(33)47-38(34)35)41-45-39(26-12-4-2-5-13-26)44-40(46-41)27-14-6-3-7-15-27;42-24-26-11-15-28(16-12-26)33-22-34(29-17-13-27(25-43)14-18-29)38-36(23-33)35-21-32(19-20-37(35)47-38)41-45-39(30-7-3-1-4-8-30)44-40(46-41)31-9-5-2-6-10-31/h2*2-24H;1-23H. The van der Waals surface area contributed by atoms with Gasteiger partial charge in [-0.05, 0) is 190 Å². The summed E-state index contributed by atoms with van der Waals surface area (Å²) in [7, 11) is 0. The van der Waals surface area contributed by atoms with E-state index < -0.39 is 0 Å². The Kier molecular flexibility index (Phi) is 23.0. The SMILES string of the molecule is N#Cc1ccc(-c2cc(-c3ccc(C#N)cc3)c3oc4ccc(-c5nc(-c6ccccc6)nc(-c6ccccc6)n5)cc4c3c2)cc1.[C-]#[N+]c1cccc(-c2cc(-c3cccc(C#N)c3)cc3c2oc2ccc(-c4nc(-c5ccccc5)nc(-c5ccccc5)n4)cc23)c1.[C-]#[N+]c1ccccc1-c1cc(-c2ccccc2C#N)cc2c1oc1ccc(-c3nc(-c4ccccc4)nc(-c4ccccc4)n3)cc12. The molecule has 0 bridgehead atoms. The fourth-order valence-electron chi connectivity index (χ4n) is 17.6. The first-order valence-corrected chi connectivity index (χ1v) is 45.1. The van der Waals surface area contributed by atoms with Gasteiger partial charge in [-0.1, -0.05) is 279 Å². The summed E-state index contributed by atoms with van der Waals surface area (Å²) in [6.45, 7) is 15.4. The normalized spacial score (nSPS) is 10.9. The number of benzene rings is 18. The summed E-state index contributed by atoms with van der Waals surface area (Å²) in [4.78, 5) is 51.5. The zero-order valence-electron chi connectivity index (χ0n) is 74.8. The van der Waals surface area contributed by atoms with E-state index in [9.17, 15) is 21.0 Å². The number of hydrogen-bond acceptors (Lipinski definition) is 16. The van der Waals surface area contributed by atoms with Gasteiger partial charge < -0.3 is 13.3 Å². The molecule has 0 saturated heterocycles. The Morgan fingerprint density at radius 3 is 0.901 bits per heavy atom. The van der Waals surface area contributed by atoms with Crippen molar-refractivity contribution < 1.29 is 13.3 Å². The van der Waals surface area contributed by atoms with Crippen molar-refractivity contribution in [1.29, 1.82) is 21.0 Å². The van der Waals surface area contributed by atoms with E-state index in [0.29, 0.717) is 103 Å². The van der Waals surface area contributed by atoms with Gasteiger partial charge in [0.05, 0.1) is 59.7 Å². The van der Waals surface area contributed by atoms with Gasteiger partial charge in [0.1, 0.15) is 33.5 Å². The molecule has 0 amide bonds. The van der Waals surface area contributed by atoms with E-state index in [1.165, 1.54) is 0 Å². The van der Waals surface area contributed by atoms with Crippen molar-refractivity contribution in [3.05, 3.63) is 464 Å². The summed E-state index contributed by atoms with van der Waals surface area (Å²) in [5.41, 5.74) is 26.1. The molecular weight excluding hydrogens is 1740 g/mol. The quantitative estimate of drug-likeness (QED) is 0.0864. The third-order valence-corrected chi connectivity index (χ3v) is 24.5. The average molecular weight is 1810 g/mol. The van der Waals surface area contributed by atoms with Gasteiger partial charge >= 0.3 is 0 Å². The molecule has 141 heavy (non-hydrogen) atoms. The van der Waals surface area contributed by atoms with Crippen LogP contribution < -0.4 is 0 Å². The summed E-state index contributed by atoms with van der Waals surface area (Å²) < 4.78 is 19.6. The summed E-state index contributed by atoms with van der Waals surface area (Å²) in [5.74, 6) is 5.19. The number of nitriles is 4. The molecule has 0 atom stereocenters. The van der Waals surface area contributed by atoms with Gasteiger partial charge in [0, 0.05) is 99.1 Å². The van der Waals surface area contributed by atoms with Crippen molar-refractivity contribution in [2.45, 2.75) is 0 Å². The van der Waals surface area contributed by atoms with Crippen molar-refractivity contribution in [2.75, 3.05) is 0 Å². The molecule has 0 aliphatic rings. The van der Waals surface area contributed by atoms with Gasteiger partial charge in [-0.2, -0.15) is 21.0 Å². The predicted molar refractivity (Wildman–Crippen MR) is 554 cm³/mol. The van der Waals surface area contributed by atoms with Crippen LogP contribution in [0.1, 0.15) is 22.3 Å². The van der Waals surface area contributed by atoms with Crippen LogP contribution in [0, 0.1) is 58.5 Å². The lowest BCUT2D eigenvalue weighted by Crippen LogP contribution is -2.00. The van der Waals surface area contributed by atoms with E-state index in [1.54, 1.807) is 18.2 Å². The molecule has 0 aliphatic carbocycles. The molecule has 18 nitrogen and oxygen atoms in total. The Hall–Kier alpha value is -20.7. The molecule has 24 rings (SSSR count). The molecule has 0 unspecified atom stereocenters. The molecule has 18 aromatic carbocycles. The smallest absolute Gasteiger partial charge is 0.195 e. The average Bonchev–Trinajstić information content (AvgIpc) is 1.60. The second-order valence-corrected chi connectivity index (χ2v) is 33.3. The number of fused-ring (bicyclic) bond motifs is 9. The van der Waals surface area contributed by atoms with Crippen LogP contribution in [0.4, 0.5) is 11.4 Å². The molecule has 6 aromatic heterocycles. The van der Waals surface area contributed by atoms with Crippen LogP contribution in [0.3, 0.4) is 0 Å². The van der Waals surface area contributed by atoms with Crippen LogP contribution in [0.15, 0.2) is 432 Å². The lowest BCUT2D eigenvalue weighted by atomic mass is 9.93. The van der Waals surface area contributed by atoms with Crippen molar-refractivity contribution >= 4 is 77.2 Å². The summed E-state index contributed by atoms with van der Waals surface area (Å²) in [6, 6.07) is 144. The molecule has 6 heterocycles. The van der Waals surface area contributed by atoms with Crippen LogP contribution in [0.5, 0.6) is 0 Å². The monoisotopic (exact) mass is 1800 g/mol. The Balaban J connectivity index is 0.000000121. The van der Waals surface area contributed by atoms with Crippen molar-refractivity contribution in [3.63, 3.8) is 0 Å². The van der Waals surface area contributed by atoms with Gasteiger partial charge in [0.15, 0.2) is 63.8 Å². The van der Waals surface area contributed by atoms with Crippen LogP contribution in [0.2, 0.25) is 0 Å². The summed E-state index contributed by atoms with van der Waals surface area (Å²) in [6.07, 6.45) is 0. The minimum absolute atomic E-state index is 0.521. The van der Waals surface area contributed by atoms with Crippen molar-refractivity contribution in [1.82, 2.24) is 44.9 Å². The number of aromatic nitrogens is 9. The Labute approximate surface area is 808 Å². The minimum atomic E-state index is 0.521. The van der Waals surface area contributed by atoms with Crippen LogP contribution in [-0.2, 0) is 0 Å². The van der Waals surface area contributed by atoms with E-state index in [0.717, 1.165) is 166 Å². The second kappa shape index (κ2) is 37.8. The topological polar surface area (TPSA) is 259 Å². The van der Waals surface area contributed by atoms with Crippen molar-refractivity contribution in [2.24, 2.45) is 0 Å².